The number of hydrogen-bond acceptors (Lipinski definition) is 5. The van der Waals surface area contributed by atoms with Gasteiger partial charge < -0.3 is 10.6 Å². The minimum absolute atomic E-state index is 0.0574. The lowest BCUT2D eigenvalue weighted by molar-refractivity contribution is -0.114. The van der Waals surface area contributed by atoms with Crippen LogP contribution in [0.2, 0.25) is 0 Å². The first-order valence-electron chi connectivity index (χ1n) is 7.01. The zero-order valence-corrected chi connectivity index (χ0v) is 13.0. The Bertz CT molecular complexity index is 782. The van der Waals surface area contributed by atoms with Crippen molar-refractivity contribution in [2.24, 2.45) is 0 Å². The van der Waals surface area contributed by atoms with Crippen LogP contribution in [0.5, 0.6) is 0 Å². The molecule has 0 atom stereocenters. The Morgan fingerprint density at radius 3 is 2.77 bits per heavy atom. The zero-order valence-electron chi connectivity index (χ0n) is 12.2. The van der Waals surface area contributed by atoms with E-state index in [4.69, 9.17) is 0 Å². The number of benzene rings is 1. The van der Waals surface area contributed by atoms with Gasteiger partial charge in [-0.25, -0.2) is 9.97 Å². The Balaban J connectivity index is 1.59. The Hall–Kier alpha value is -2.47. The van der Waals surface area contributed by atoms with Crippen molar-refractivity contribution in [2.45, 2.75) is 13.3 Å². The van der Waals surface area contributed by atoms with Crippen LogP contribution in [0.15, 0.2) is 42.0 Å². The van der Waals surface area contributed by atoms with Crippen LogP contribution in [0.4, 0.5) is 11.5 Å². The van der Waals surface area contributed by atoms with Gasteiger partial charge in [-0.15, -0.1) is 11.3 Å². The van der Waals surface area contributed by atoms with Gasteiger partial charge in [-0.3, -0.25) is 4.79 Å². The standard InChI is InChI=1S/C16H16N4OS/c1-11(21)20-13-4-2-12(3-5-13)6-8-17-15-14-7-9-22-16(14)19-10-18-15/h2-5,7,9-10H,6,8H2,1H3,(H,20,21)(H,17,18,19). The van der Waals surface area contributed by atoms with E-state index in [0.29, 0.717) is 0 Å². The SMILES string of the molecule is CC(=O)Nc1ccc(CCNc2ncnc3sccc23)cc1. The molecule has 2 heterocycles. The van der Waals surface area contributed by atoms with E-state index in [1.165, 1.54) is 12.5 Å². The second-order valence-corrected chi connectivity index (χ2v) is 5.81. The van der Waals surface area contributed by atoms with Crippen molar-refractivity contribution in [1.29, 1.82) is 0 Å². The summed E-state index contributed by atoms with van der Waals surface area (Å²) in [5.41, 5.74) is 2.03. The van der Waals surface area contributed by atoms with Crippen LogP contribution < -0.4 is 10.6 Å². The van der Waals surface area contributed by atoms with Crippen LogP contribution in [0.3, 0.4) is 0 Å². The van der Waals surface area contributed by atoms with Crippen molar-refractivity contribution < 1.29 is 4.79 Å². The molecule has 5 nitrogen and oxygen atoms in total. The Kier molecular flexibility index (Phi) is 4.29. The first kappa shape index (κ1) is 14.5. The van der Waals surface area contributed by atoms with E-state index in [9.17, 15) is 4.79 Å². The summed E-state index contributed by atoms with van der Waals surface area (Å²) in [6, 6.07) is 9.90. The number of rotatable bonds is 5. The fraction of sp³-hybridized carbons (Fsp3) is 0.188. The highest BCUT2D eigenvalue weighted by molar-refractivity contribution is 7.16. The Morgan fingerprint density at radius 2 is 2.00 bits per heavy atom. The lowest BCUT2D eigenvalue weighted by Crippen LogP contribution is -2.07. The van der Waals surface area contributed by atoms with Gasteiger partial charge in [0.15, 0.2) is 0 Å². The van der Waals surface area contributed by atoms with Gasteiger partial charge in [-0.1, -0.05) is 12.1 Å². The smallest absolute Gasteiger partial charge is 0.221 e. The minimum Gasteiger partial charge on any atom is -0.369 e. The van der Waals surface area contributed by atoms with Gasteiger partial charge in [0.05, 0.1) is 5.39 Å². The molecule has 0 fully saturated rings. The van der Waals surface area contributed by atoms with E-state index in [0.717, 1.165) is 34.7 Å². The maximum Gasteiger partial charge on any atom is 0.221 e. The second kappa shape index (κ2) is 6.53. The van der Waals surface area contributed by atoms with E-state index in [1.807, 2.05) is 35.7 Å². The maximum atomic E-state index is 11.0. The molecule has 22 heavy (non-hydrogen) atoms. The van der Waals surface area contributed by atoms with E-state index in [-0.39, 0.29) is 5.91 Å². The number of nitrogens with zero attached hydrogens (tertiary/aromatic N) is 2. The summed E-state index contributed by atoms with van der Waals surface area (Å²) in [5, 5.41) is 9.20. The summed E-state index contributed by atoms with van der Waals surface area (Å²) >= 11 is 1.61. The van der Waals surface area contributed by atoms with Crippen LogP contribution in [0.25, 0.3) is 10.2 Å². The molecule has 0 saturated heterocycles. The highest BCUT2D eigenvalue weighted by atomic mass is 32.1. The fourth-order valence-electron chi connectivity index (χ4n) is 2.21. The van der Waals surface area contributed by atoms with Crippen molar-refractivity contribution >= 4 is 39.0 Å². The maximum absolute atomic E-state index is 11.0. The summed E-state index contributed by atoms with van der Waals surface area (Å²) < 4.78 is 0. The number of amides is 1. The average molecular weight is 312 g/mol. The molecule has 2 N–H and O–H groups in total. The van der Waals surface area contributed by atoms with E-state index in [2.05, 4.69) is 20.6 Å². The molecule has 112 valence electrons. The van der Waals surface area contributed by atoms with Gasteiger partial charge in [-0.2, -0.15) is 0 Å². The molecule has 0 aliphatic heterocycles. The van der Waals surface area contributed by atoms with Gasteiger partial charge in [0, 0.05) is 19.2 Å². The van der Waals surface area contributed by atoms with Crippen LogP contribution in [0, 0.1) is 0 Å². The zero-order chi connectivity index (χ0) is 15.4. The number of fused-ring (bicyclic) bond motifs is 1. The summed E-state index contributed by atoms with van der Waals surface area (Å²) in [6.45, 7) is 2.30. The van der Waals surface area contributed by atoms with E-state index in [1.54, 1.807) is 17.7 Å². The van der Waals surface area contributed by atoms with E-state index < -0.39 is 0 Å². The van der Waals surface area contributed by atoms with Crippen molar-refractivity contribution in [2.75, 3.05) is 17.2 Å². The highest BCUT2D eigenvalue weighted by Gasteiger charge is 2.04. The van der Waals surface area contributed by atoms with Gasteiger partial charge in [-0.05, 0) is 35.6 Å². The Labute approximate surface area is 132 Å². The van der Waals surface area contributed by atoms with Crippen LogP contribution >= 0.6 is 11.3 Å². The average Bonchev–Trinajstić information content (AvgIpc) is 2.98. The number of carbonyl (C=O) groups excluding carboxylic acids is 1. The van der Waals surface area contributed by atoms with Crippen molar-refractivity contribution in [3.05, 3.63) is 47.6 Å². The van der Waals surface area contributed by atoms with E-state index >= 15 is 0 Å². The largest absolute Gasteiger partial charge is 0.369 e. The molecule has 0 saturated carbocycles. The third kappa shape index (κ3) is 3.40. The van der Waals surface area contributed by atoms with Gasteiger partial charge in [0.2, 0.25) is 5.91 Å². The molecule has 0 aliphatic carbocycles. The minimum atomic E-state index is -0.0574. The number of carbonyl (C=O) groups is 1. The summed E-state index contributed by atoms with van der Waals surface area (Å²) in [7, 11) is 0. The van der Waals surface area contributed by atoms with Gasteiger partial charge >= 0.3 is 0 Å². The molecular weight excluding hydrogens is 296 g/mol. The van der Waals surface area contributed by atoms with Crippen molar-refractivity contribution in [1.82, 2.24) is 9.97 Å². The molecule has 0 spiro atoms. The predicted octanol–water partition coefficient (Wildman–Crippen LogP) is 3.30. The molecule has 0 aliphatic rings. The first-order chi connectivity index (χ1) is 10.7. The highest BCUT2D eigenvalue weighted by Crippen LogP contribution is 2.23. The molecule has 6 heteroatoms. The van der Waals surface area contributed by atoms with Crippen LogP contribution in [-0.4, -0.2) is 22.4 Å². The van der Waals surface area contributed by atoms with Crippen LogP contribution in [-0.2, 0) is 11.2 Å². The molecule has 3 rings (SSSR count). The molecular formula is C16H16N4OS. The monoisotopic (exact) mass is 312 g/mol. The molecule has 1 aromatic carbocycles. The van der Waals surface area contributed by atoms with Crippen LogP contribution in [0.1, 0.15) is 12.5 Å². The summed E-state index contributed by atoms with van der Waals surface area (Å²) in [6.07, 6.45) is 2.47. The Morgan fingerprint density at radius 1 is 1.18 bits per heavy atom. The first-order valence-corrected chi connectivity index (χ1v) is 7.89. The number of aromatic nitrogens is 2. The predicted molar refractivity (Wildman–Crippen MR) is 90.4 cm³/mol. The number of thiophene rings is 1. The molecule has 0 radical (unpaired) electrons. The van der Waals surface area contributed by atoms with Gasteiger partial charge in [0.1, 0.15) is 17.0 Å². The van der Waals surface area contributed by atoms with Gasteiger partial charge in [0.25, 0.3) is 0 Å². The van der Waals surface area contributed by atoms with Crippen molar-refractivity contribution in [3.8, 4) is 0 Å². The molecule has 2 aromatic heterocycles. The number of anilines is 2. The number of nitrogens with one attached hydrogen (secondary N) is 2. The number of hydrogen-bond donors (Lipinski definition) is 2. The third-order valence-corrected chi connectivity index (χ3v) is 4.06. The quantitative estimate of drug-likeness (QED) is 0.758. The molecule has 1 amide bonds. The summed E-state index contributed by atoms with van der Waals surface area (Å²) in [4.78, 5) is 20.5. The molecule has 0 bridgehead atoms. The lowest BCUT2D eigenvalue weighted by atomic mass is 10.1. The summed E-state index contributed by atoms with van der Waals surface area (Å²) in [5.74, 6) is 0.819. The topological polar surface area (TPSA) is 66.9 Å². The lowest BCUT2D eigenvalue weighted by Gasteiger charge is -2.07. The molecule has 3 aromatic rings. The third-order valence-electron chi connectivity index (χ3n) is 3.24. The second-order valence-electron chi connectivity index (χ2n) is 4.92. The fourth-order valence-corrected chi connectivity index (χ4v) is 2.95. The van der Waals surface area contributed by atoms with Crippen molar-refractivity contribution in [3.63, 3.8) is 0 Å². The molecule has 0 unspecified atom stereocenters. The normalized spacial score (nSPS) is 10.6.